The second-order valence-corrected chi connectivity index (χ2v) is 8.28. The van der Waals surface area contributed by atoms with Gasteiger partial charge in [0, 0.05) is 12.1 Å². The van der Waals surface area contributed by atoms with E-state index < -0.39 is 11.6 Å². The summed E-state index contributed by atoms with van der Waals surface area (Å²) in [4.78, 5) is 27.5. The normalized spacial score (nSPS) is 12.1. The molecule has 0 saturated heterocycles. The van der Waals surface area contributed by atoms with Crippen molar-refractivity contribution in [2.45, 2.75) is 52.2 Å². The molecule has 6 nitrogen and oxygen atoms in total. The molecular weight excluding hydrogens is 399 g/mol. The zero-order valence-corrected chi connectivity index (χ0v) is 18.8. The summed E-state index contributed by atoms with van der Waals surface area (Å²) in [6.45, 7) is 7.44. The average molecular weight is 431 g/mol. The highest BCUT2D eigenvalue weighted by atomic mass is 19.1. The number of ether oxygens (including phenoxy) is 2. The molecule has 0 fully saturated rings. The molecule has 0 radical (unpaired) electrons. The Morgan fingerprint density at radius 3 is 2.13 bits per heavy atom. The Bertz CT molecular complexity index is 861. The van der Waals surface area contributed by atoms with E-state index in [1.165, 1.54) is 17.0 Å². The van der Waals surface area contributed by atoms with Gasteiger partial charge in [-0.1, -0.05) is 19.1 Å². The Labute approximate surface area is 183 Å². The molecule has 0 aromatic heterocycles. The van der Waals surface area contributed by atoms with Gasteiger partial charge in [-0.25, -0.2) is 4.39 Å². The SMILES string of the molecule is CC[C@@H](C(=O)NC(C)(C)C)N(Cc1ccc(F)cc1)C(=O)COc1ccc(OC)cc1. The Balaban J connectivity index is 2.20. The number of nitrogens with zero attached hydrogens (tertiary/aromatic N) is 1. The third-order valence-electron chi connectivity index (χ3n) is 4.57. The smallest absolute Gasteiger partial charge is 0.261 e. The van der Waals surface area contributed by atoms with Crippen molar-refractivity contribution in [1.82, 2.24) is 10.2 Å². The number of amides is 2. The number of hydrogen-bond donors (Lipinski definition) is 1. The average Bonchev–Trinajstić information content (AvgIpc) is 2.72. The topological polar surface area (TPSA) is 67.9 Å². The Hall–Kier alpha value is -3.09. The van der Waals surface area contributed by atoms with Gasteiger partial charge in [0.1, 0.15) is 23.4 Å². The molecule has 1 N–H and O–H groups in total. The second kappa shape index (κ2) is 10.8. The first-order chi connectivity index (χ1) is 14.6. The maximum absolute atomic E-state index is 13.3. The first-order valence-electron chi connectivity index (χ1n) is 10.3. The van der Waals surface area contributed by atoms with Gasteiger partial charge in [0.2, 0.25) is 5.91 Å². The molecule has 31 heavy (non-hydrogen) atoms. The largest absolute Gasteiger partial charge is 0.497 e. The van der Waals surface area contributed by atoms with Crippen LogP contribution in [-0.4, -0.2) is 42.0 Å². The molecule has 0 spiro atoms. The Kier molecular flexibility index (Phi) is 8.42. The fourth-order valence-electron chi connectivity index (χ4n) is 3.06. The van der Waals surface area contributed by atoms with Gasteiger partial charge in [0.15, 0.2) is 6.61 Å². The molecule has 2 aromatic rings. The minimum absolute atomic E-state index is 0.168. The van der Waals surface area contributed by atoms with Crippen LogP contribution in [-0.2, 0) is 16.1 Å². The van der Waals surface area contributed by atoms with E-state index in [4.69, 9.17) is 9.47 Å². The first kappa shape index (κ1) is 24.2. The van der Waals surface area contributed by atoms with Gasteiger partial charge in [-0.05, 0) is 69.2 Å². The summed E-state index contributed by atoms with van der Waals surface area (Å²) in [5.41, 5.74) is 0.288. The van der Waals surface area contributed by atoms with Crippen LogP contribution in [0.25, 0.3) is 0 Å². The third-order valence-corrected chi connectivity index (χ3v) is 4.57. The number of methoxy groups -OCH3 is 1. The lowest BCUT2D eigenvalue weighted by molar-refractivity contribution is -0.143. The summed E-state index contributed by atoms with van der Waals surface area (Å²) < 4.78 is 24.1. The zero-order valence-electron chi connectivity index (χ0n) is 18.8. The van der Waals surface area contributed by atoms with Crippen molar-refractivity contribution in [2.75, 3.05) is 13.7 Å². The summed E-state index contributed by atoms with van der Waals surface area (Å²) >= 11 is 0. The molecule has 2 amide bonds. The second-order valence-electron chi connectivity index (χ2n) is 8.28. The van der Waals surface area contributed by atoms with E-state index in [-0.39, 0.29) is 30.8 Å². The number of benzene rings is 2. The van der Waals surface area contributed by atoms with Crippen LogP contribution >= 0.6 is 0 Å². The fourth-order valence-corrected chi connectivity index (χ4v) is 3.06. The van der Waals surface area contributed by atoms with Crippen LogP contribution in [0.4, 0.5) is 4.39 Å². The van der Waals surface area contributed by atoms with Crippen LogP contribution in [0.1, 0.15) is 39.7 Å². The van der Waals surface area contributed by atoms with Crippen LogP contribution < -0.4 is 14.8 Å². The highest BCUT2D eigenvalue weighted by Crippen LogP contribution is 2.18. The number of nitrogens with one attached hydrogen (secondary N) is 1. The summed E-state index contributed by atoms with van der Waals surface area (Å²) in [6, 6.07) is 12.1. The molecule has 0 aliphatic carbocycles. The maximum Gasteiger partial charge on any atom is 0.261 e. The number of carbonyl (C=O) groups excluding carboxylic acids is 2. The van der Waals surface area contributed by atoms with Crippen LogP contribution in [0.3, 0.4) is 0 Å². The molecule has 0 heterocycles. The lowest BCUT2D eigenvalue weighted by atomic mass is 10.1. The molecular formula is C24H31FN2O4. The van der Waals surface area contributed by atoms with Crippen molar-refractivity contribution < 1.29 is 23.5 Å². The molecule has 0 unspecified atom stereocenters. The molecule has 0 aliphatic heterocycles. The zero-order chi connectivity index (χ0) is 23.0. The van der Waals surface area contributed by atoms with Crippen molar-refractivity contribution >= 4 is 11.8 Å². The monoisotopic (exact) mass is 430 g/mol. The highest BCUT2D eigenvalue weighted by molar-refractivity contribution is 5.88. The van der Waals surface area contributed by atoms with Crippen molar-refractivity contribution in [2.24, 2.45) is 0 Å². The number of hydrogen-bond acceptors (Lipinski definition) is 4. The van der Waals surface area contributed by atoms with Gasteiger partial charge in [-0.3, -0.25) is 9.59 Å². The van der Waals surface area contributed by atoms with Crippen LogP contribution in [0, 0.1) is 5.82 Å². The number of rotatable bonds is 9. The predicted octanol–water partition coefficient (Wildman–Crippen LogP) is 3.94. The lowest BCUT2D eigenvalue weighted by Gasteiger charge is -2.33. The van der Waals surface area contributed by atoms with Crippen LogP contribution in [0.15, 0.2) is 48.5 Å². The minimum atomic E-state index is -0.684. The van der Waals surface area contributed by atoms with E-state index in [0.717, 1.165) is 5.56 Å². The van der Waals surface area contributed by atoms with Crippen molar-refractivity contribution in [3.63, 3.8) is 0 Å². The van der Waals surface area contributed by atoms with E-state index in [0.29, 0.717) is 17.9 Å². The number of carbonyl (C=O) groups is 2. The van der Waals surface area contributed by atoms with Gasteiger partial charge in [-0.2, -0.15) is 0 Å². The van der Waals surface area contributed by atoms with E-state index in [1.807, 2.05) is 27.7 Å². The van der Waals surface area contributed by atoms with Crippen molar-refractivity contribution in [3.05, 3.63) is 59.9 Å². The van der Waals surface area contributed by atoms with Crippen LogP contribution in [0.2, 0.25) is 0 Å². The standard InChI is InChI=1S/C24H31FN2O4/c1-6-21(23(29)26-24(2,3)4)27(15-17-7-9-18(25)10-8-17)22(28)16-31-20-13-11-19(30-5)12-14-20/h7-14,21H,6,15-16H2,1-5H3,(H,26,29)/t21-/m0/s1. The fraction of sp³-hybridized carbons (Fsp3) is 0.417. The van der Waals surface area contributed by atoms with Crippen molar-refractivity contribution in [3.8, 4) is 11.5 Å². The van der Waals surface area contributed by atoms with Gasteiger partial charge < -0.3 is 19.7 Å². The van der Waals surface area contributed by atoms with Gasteiger partial charge in [-0.15, -0.1) is 0 Å². The molecule has 7 heteroatoms. The van der Waals surface area contributed by atoms with E-state index in [2.05, 4.69) is 5.32 Å². The van der Waals surface area contributed by atoms with E-state index in [1.54, 1.807) is 43.5 Å². The third kappa shape index (κ3) is 7.59. The van der Waals surface area contributed by atoms with Gasteiger partial charge in [0.25, 0.3) is 5.91 Å². The Morgan fingerprint density at radius 2 is 1.61 bits per heavy atom. The summed E-state index contributed by atoms with van der Waals surface area (Å²) in [5, 5.41) is 2.94. The minimum Gasteiger partial charge on any atom is -0.497 e. The number of halogens is 1. The lowest BCUT2D eigenvalue weighted by Crippen LogP contribution is -2.54. The first-order valence-corrected chi connectivity index (χ1v) is 10.3. The molecule has 0 aliphatic rings. The molecule has 2 aromatic carbocycles. The van der Waals surface area contributed by atoms with Gasteiger partial charge >= 0.3 is 0 Å². The molecule has 168 valence electrons. The van der Waals surface area contributed by atoms with Crippen LogP contribution in [0.5, 0.6) is 11.5 Å². The summed E-state index contributed by atoms with van der Waals surface area (Å²) in [7, 11) is 1.57. The van der Waals surface area contributed by atoms with E-state index >= 15 is 0 Å². The molecule has 1 atom stereocenters. The predicted molar refractivity (Wildman–Crippen MR) is 117 cm³/mol. The Morgan fingerprint density at radius 1 is 1.03 bits per heavy atom. The van der Waals surface area contributed by atoms with Crippen molar-refractivity contribution in [1.29, 1.82) is 0 Å². The van der Waals surface area contributed by atoms with Gasteiger partial charge in [0.05, 0.1) is 7.11 Å². The highest BCUT2D eigenvalue weighted by Gasteiger charge is 2.30. The summed E-state index contributed by atoms with van der Waals surface area (Å²) in [6.07, 6.45) is 0.428. The van der Waals surface area contributed by atoms with E-state index in [9.17, 15) is 14.0 Å². The quantitative estimate of drug-likeness (QED) is 0.655. The molecule has 0 saturated carbocycles. The summed E-state index contributed by atoms with van der Waals surface area (Å²) in [5.74, 6) is 0.262. The molecule has 2 rings (SSSR count). The maximum atomic E-state index is 13.3. The molecule has 0 bridgehead atoms.